The molecule has 1 heterocycles. The van der Waals surface area contributed by atoms with E-state index >= 15 is 0 Å². The van der Waals surface area contributed by atoms with Crippen LogP contribution in [0.5, 0.6) is 0 Å². The van der Waals surface area contributed by atoms with E-state index in [4.69, 9.17) is 16.3 Å². The summed E-state index contributed by atoms with van der Waals surface area (Å²) in [7, 11) is 0. The average molecular weight is 296 g/mol. The van der Waals surface area contributed by atoms with Crippen LogP contribution in [0.25, 0.3) is 0 Å². The van der Waals surface area contributed by atoms with Gasteiger partial charge in [0.15, 0.2) is 0 Å². The summed E-state index contributed by atoms with van der Waals surface area (Å²) in [6.45, 7) is 3.41. The van der Waals surface area contributed by atoms with Crippen LogP contribution in [0.3, 0.4) is 0 Å². The van der Waals surface area contributed by atoms with Crippen molar-refractivity contribution in [2.45, 2.75) is 38.1 Å². The number of hydrogen-bond donors (Lipinski definition) is 1. The molecular weight excluding hydrogens is 274 g/mol. The van der Waals surface area contributed by atoms with Crippen LogP contribution in [0.15, 0.2) is 24.3 Å². The molecule has 1 saturated heterocycles. The van der Waals surface area contributed by atoms with E-state index in [1.54, 1.807) is 0 Å². The number of ether oxygens (including phenoxy) is 1. The predicted octanol–water partition coefficient (Wildman–Crippen LogP) is 2.83. The van der Waals surface area contributed by atoms with E-state index in [1.165, 1.54) is 11.1 Å². The molecule has 1 aliphatic rings. The lowest BCUT2D eigenvalue weighted by atomic mass is 9.92. The fraction of sp³-hybridized carbons (Fsp3) is 0.562. The average Bonchev–Trinajstić information content (AvgIpc) is 2.46. The van der Waals surface area contributed by atoms with Gasteiger partial charge in [0, 0.05) is 25.5 Å². The first-order valence-corrected chi connectivity index (χ1v) is 7.67. The van der Waals surface area contributed by atoms with E-state index in [9.17, 15) is 4.79 Å². The van der Waals surface area contributed by atoms with E-state index in [0.29, 0.717) is 25.5 Å². The minimum absolute atomic E-state index is 0.0778. The van der Waals surface area contributed by atoms with Gasteiger partial charge in [-0.25, -0.2) is 0 Å². The summed E-state index contributed by atoms with van der Waals surface area (Å²) in [5.74, 6) is 0.529. The van der Waals surface area contributed by atoms with Gasteiger partial charge in [-0.15, -0.1) is 11.6 Å². The molecule has 0 saturated carbocycles. The molecule has 3 nitrogen and oxygen atoms in total. The highest BCUT2D eigenvalue weighted by molar-refractivity contribution is 6.18. The number of rotatable bonds is 5. The van der Waals surface area contributed by atoms with E-state index in [1.807, 2.05) is 6.07 Å². The summed E-state index contributed by atoms with van der Waals surface area (Å²) in [6, 6.07) is 8.28. The van der Waals surface area contributed by atoms with Crippen molar-refractivity contribution in [3.05, 3.63) is 35.4 Å². The SMILES string of the molecule is Cc1cccc(CCC(=O)NC2(CCl)CCOCC2)c1. The number of halogens is 1. The fourth-order valence-electron chi connectivity index (χ4n) is 2.54. The number of hydrogen-bond acceptors (Lipinski definition) is 2. The van der Waals surface area contributed by atoms with Crippen molar-refractivity contribution < 1.29 is 9.53 Å². The summed E-state index contributed by atoms with van der Waals surface area (Å²) in [5, 5.41) is 3.12. The van der Waals surface area contributed by atoms with Gasteiger partial charge in [-0.1, -0.05) is 29.8 Å². The molecule has 110 valence electrons. The Balaban J connectivity index is 1.85. The molecule has 1 aromatic rings. The second-order valence-electron chi connectivity index (χ2n) is 5.56. The van der Waals surface area contributed by atoms with Gasteiger partial charge >= 0.3 is 0 Å². The summed E-state index contributed by atoms with van der Waals surface area (Å²) >= 11 is 6.05. The van der Waals surface area contributed by atoms with E-state index < -0.39 is 0 Å². The lowest BCUT2D eigenvalue weighted by molar-refractivity contribution is -0.123. The van der Waals surface area contributed by atoms with Crippen LogP contribution in [-0.4, -0.2) is 30.5 Å². The highest BCUT2D eigenvalue weighted by Crippen LogP contribution is 2.22. The number of benzene rings is 1. The molecule has 0 bridgehead atoms. The smallest absolute Gasteiger partial charge is 0.220 e. The van der Waals surface area contributed by atoms with Crippen LogP contribution in [-0.2, 0) is 16.0 Å². The van der Waals surface area contributed by atoms with Crippen molar-refractivity contribution >= 4 is 17.5 Å². The normalized spacial score (nSPS) is 17.7. The second kappa shape index (κ2) is 7.09. The fourth-order valence-corrected chi connectivity index (χ4v) is 2.87. The Bertz CT molecular complexity index is 456. The Labute approximate surface area is 125 Å². The number of carbonyl (C=O) groups is 1. The minimum atomic E-state index is -0.274. The van der Waals surface area contributed by atoms with Crippen LogP contribution < -0.4 is 5.32 Å². The molecule has 0 atom stereocenters. The van der Waals surface area contributed by atoms with Crippen molar-refractivity contribution in [3.8, 4) is 0 Å². The van der Waals surface area contributed by atoms with E-state index in [2.05, 4.69) is 30.4 Å². The van der Waals surface area contributed by atoms with Crippen LogP contribution >= 0.6 is 11.6 Å². The van der Waals surface area contributed by atoms with Crippen LogP contribution in [0, 0.1) is 6.92 Å². The van der Waals surface area contributed by atoms with Crippen molar-refractivity contribution in [2.75, 3.05) is 19.1 Å². The number of aryl methyl sites for hydroxylation is 2. The van der Waals surface area contributed by atoms with Gasteiger partial charge in [0.2, 0.25) is 5.91 Å². The van der Waals surface area contributed by atoms with Crippen LogP contribution in [0.4, 0.5) is 0 Å². The van der Waals surface area contributed by atoms with Crippen LogP contribution in [0.1, 0.15) is 30.4 Å². The quantitative estimate of drug-likeness (QED) is 0.848. The zero-order valence-corrected chi connectivity index (χ0v) is 12.7. The molecule has 0 aromatic heterocycles. The van der Waals surface area contributed by atoms with Crippen LogP contribution in [0.2, 0.25) is 0 Å². The van der Waals surface area contributed by atoms with Gasteiger partial charge in [-0.05, 0) is 31.7 Å². The zero-order chi connectivity index (χ0) is 14.4. The maximum atomic E-state index is 12.1. The molecule has 1 fully saturated rings. The van der Waals surface area contributed by atoms with Crippen molar-refractivity contribution in [1.29, 1.82) is 0 Å². The first kappa shape index (κ1) is 15.3. The monoisotopic (exact) mass is 295 g/mol. The molecule has 20 heavy (non-hydrogen) atoms. The molecule has 1 aliphatic heterocycles. The largest absolute Gasteiger partial charge is 0.381 e. The Morgan fingerprint density at radius 3 is 2.80 bits per heavy atom. The Hall–Kier alpha value is -1.06. The maximum Gasteiger partial charge on any atom is 0.220 e. The van der Waals surface area contributed by atoms with Gasteiger partial charge in [-0.2, -0.15) is 0 Å². The number of alkyl halides is 1. The van der Waals surface area contributed by atoms with Gasteiger partial charge in [0.25, 0.3) is 0 Å². The van der Waals surface area contributed by atoms with Gasteiger partial charge in [0.05, 0.1) is 5.54 Å². The molecule has 2 rings (SSSR count). The topological polar surface area (TPSA) is 38.3 Å². The lowest BCUT2D eigenvalue weighted by Crippen LogP contribution is -2.53. The van der Waals surface area contributed by atoms with Gasteiger partial charge in [-0.3, -0.25) is 4.79 Å². The highest BCUT2D eigenvalue weighted by Gasteiger charge is 2.33. The Kier molecular flexibility index (Phi) is 5.44. The molecule has 1 amide bonds. The summed E-state index contributed by atoms with van der Waals surface area (Å²) in [4.78, 5) is 12.1. The van der Waals surface area contributed by atoms with Crippen molar-refractivity contribution in [3.63, 3.8) is 0 Å². The maximum absolute atomic E-state index is 12.1. The molecule has 4 heteroatoms. The third kappa shape index (κ3) is 4.22. The molecular formula is C16H22ClNO2. The standard InChI is InChI=1S/C16H22ClNO2/c1-13-3-2-4-14(11-13)5-6-15(19)18-16(12-17)7-9-20-10-8-16/h2-4,11H,5-10,12H2,1H3,(H,18,19). The Morgan fingerprint density at radius 2 is 2.15 bits per heavy atom. The van der Waals surface area contributed by atoms with Gasteiger partial charge in [0.1, 0.15) is 0 Å². The molecule has 0 radical (unpaired) electrons. The number of amides is 1. The summed E-state index contributed by atoms with van der Waals surface area (Å²) < 4.78 is 5.34. The first-order valence-electron chi connectivity index (χ1n) is 7.14. The second-order valence-corrected chi connectivity index (χ2v) is 5.83. The zero-order valence-electron chi connectivity index (χ0n) is 12.0. The molecule has 1 N–H and O–H groups in total. The molecule has 0 aliphatic carbocycles. The highest BCUT2D eigenvalue weighted by atomic mass is 35.5. The molecule has 1 aromatic carbocycles. The first-order chi connectivity index (χ1) is 9.63. The van der Waals surface area contributed by atoms with Gasteiger partial charge < -0.3 is 10.1 Å². The summed E-state index contributed by atoms with van der Waals surface area (Å²) in [6.07, 6.45) is 2.87. The van der Waals surface area contributed by atoms with E-state index in [0.717, 1.165) is 19.3 Å². The lowest BCUT2D eigenvalue weighted by Gasteiger charge is -2.36. The molecule has 0 unspecified atom stereocenters. The summed E-state index contributed by atoms with van der Waals surface area (Å²) in [5.41, 5.74) is 2.15. The van der Waals surface area contributed by atoms with E-state index in [-0.39, 0.29) is 11.4 Å². The van der Waals surface area contributed by atoms with Crippen molar-refractivity contribution in [2.24, 2.45) is 0 Å². The third-order valence-electron chi connectivity index (χ3n) is 3.83. The third-order valence-corrected chi connectivity index (χ3v) is 4.35. The minimum Gasteiger partial charge on any atom is -0.381 e. The number of carbonyl (C=O) groups excluding carboxylic acids is 1. The Morgan fingerprint density at radius 1 is 1.40 bits per heavy atom. The van der Waals surface area contributed by atoms with Crippen molar-refractivity contribution in [1.82, 2.24) is 5.32 Å². The number of nitrogens with one attached hydrogen (secondary N) is 1. The predicted molar refractivity (Wildman–Crippen MR) is 81.1 cm³/mol. The molecule has 0 spiro atoms.